The van der Waals surface area contributed by atoms with Gasteiger partial charge in [-0.05, 0) is 0 Å². The SMILES string of the molecule is C[N+](C)(C)[SiH2][O]. The zero-order chi connectivity index (χ0) is 5.21. The van der Waals surface area contributed by atoms with Crippen molar-refractivity contribution < 1.29 is 8.94 Å². The molecule has 0 aliphatic carbocycles. The van der Waals surface area contributed by atoms with E-state index in [-0.39, 0.29) is 0 Å². The Balaban J connectivity index is 3.17. The van der Waals surface area contributed by atoms with Crippen molar-refractivity contribution in [2.24, 2.45) is 0 Å². The summed E-state index contributed by atoms with van der Waals surface area (Å²) in [6.45, 7) is 0. The van der Waals surface area contributed by atoms with Gasteiger partial charge in [-0.15, -0.1) is 0 Å². The minimum absolute atomic E-state index is 0.653. The number of hydrogen-bond donors (Lipinski definition) is 0. The Morgan fingerprint density at radius 3 is 1.50 bits per heavy atom. The van der Waals surface area contributed by atoms with E-state index in [0.717, 1.165) is 0 Å². The highest BCUT2D eigenvalue weighted by atomic mass is 28.2. The highest BCUT2D eigenvalue weighted by molar-refractivity contribution is 6.14. The van der Waals surface area contributed by atoms with Crippen molar-refractivity contribution in [1.29, 1.82) is 0 Å². The second-order valence-corrected chi connectivity index (χ2v) is 4.57. The van der Waals surface area contributed by atoms with Crippen LogP contribution in [0.5, 0.6) is 0 Å². The summed E-state index contributed by atoms with van der Waals surface area (Å²) in [6.07, 6.45) is 0. The first-order valence-corrected chi connectivity index (χ1v) is 3.16. The lowest BCUT2D eigenvalue weighted by Gasteiger charge is -2.18. The third kappa shape index (κ3) is 4.14. The topological polar surface area (TPSA) is 19.9 Å². The predicted molar refractivity (Wildman–Crippen MR) is 27.3 cm³/mol. The maximum atomic E-state index is 10.1. The molecule has 6 heavy (non-hydrogen) atoms. The molecule has 0 aromatic heterocycles. The molecule has 0 heterocycles. The van der Waals surface area contributed by atoms with Gasteiger partial charge in [0, 0.05) is 0 Å². The van der Waals surface area contributed by atoms with Crippen molar-refractivity contribution in [2.75, 3.05) is 21.1 Å². The molecule has 0 spiro atoms. The van der Waals surface area contributed by atoms with Gasteiger partial charge in [0.2, 0.25) is 0 Å². The summed E-state index contributed by atoms with van der Waals surface area (Å²) in [4.78, 5) is 10.1. The summed E-state index contributed by atoms with van der Waals surface area (Å²) in [7, 11) is 4.73. The third-order valence-corrected chi connectivity index (χ3v) is 1.16. The van der Waals surface area contributed by atoms with Crippen molar-refractivity contribution in [2.45, 2.75) is 0 Å². The first kappa shape index (κ1) is 6.14. The number of hydrogen-bond acceptors (Lipinski definition) is 0. The summed E-state index contributed by atoms with van der Waals surface area (Å²) in [5.41, 5.74) is 0. The van der Waals surface area contributed by atoms with E-state index in [4.69, 9.17) is 0 Å². The zero-order valence-corrected chi connectivity index (χ0v) is 5.98. The van der Waals surface area contributed by atoms with Gasteiger partial charge in [0.1, 0.15) is 0 Å². The van der Waals surface area contributed by atoms with Gasteiger partial charge in [-0.25, -0.2) is 4.80 Å². The van der Waals surface area contributed by atoms with Crippen LogP contribution in [-0.2, 0) is 4.80 Å². The normalized spacial score (nSPS) is 14.0. The van der Waals surface area contributed by atoms with Gasteiger partial charge in [0.25, 0.3) is 0 Å². The number of nitrogens with zero attached hydrogens (tertiary/aromatic N) is 1. The number of quaternary nitrogens is 1. The average molecular weight is 105 g/mol. The summed E-state index contributed by atoms with van der Waals surface area (Å²) in [6, 6.07) is 0. The molecule has 0 saturated heterocycles. The molecule has 0 aromatic rings. The van der Waals surface area contributed by atoms with Crippen LogP contribution in [-0.4, -0.2) is 35.2 Å². The molecule has 3 heteroatoms. The van der Waals surface area contributed by atoms with Crippen LogP contribution >= 0.6 is 0 Å². The average Bonchev–Trinajstić information content (AvgIpc) is 1.35. The molecule has 0 bridgehead atoms. The molecule has 0 unspecified atom stereocenters. The fourth-order valence-electron chi connectivity index (χ4n) is 0. The van der Waals surface area contributed by atoms with E-state index in [2.05, 4.69) is 0 Å². The molecule has 0 aliphatic rings. The largest absolute Gasteiger partial charge is 0.436 e. The summed E-state index contributed by atoms with van der Waals surface area (Å²) in [5.74, 6) is 0. The molecule has 0 amide bonds. The lowest BCUT2D eigenvalue weighted by molar-refractivity contribution is -0.763. The maximum Gasteiger partial charge on any atom is 0.436 e. The Hall–Kier alpha value is 0.137. The highest BCUT2D eigenvalue weighted by Gasteiger charge is 2.03. The van der Waals surface area contributed by atoms with Crippen molar-refractivity contribution in [3.05, 3.63) is 0 Å². The van der Waals surface area contributed by atoms with Gasteiger partial charge in [0.15, 0.2) is 0 Å². The monoisotopic (exact) mass is 105 g/mol. The Bertz CT molecular complexity index is 40.5. The Kier molecular flexibility index (Phi) is 1.77. The molecule has 0 aromatic carbocycles. The van der Waals surface area contributed by atoms with Gasteiger partial charge in [0.05, 0.1) is 21.1 Å². The van der Waals surface area contributed by atoms with E-state index in [1.807, 2.05) is 21.1 Å². The minimum Gasteiger partial charge on any atom is -0.372 e. The fraction of sp³-hybridized carbons (Fsp3) is 1.00. The molecular weight excluding hydrogens is 94.1 g/mol. The van der Waals surface area contributed by atoms with E-state index in [1.165, 1.54) is 0 Å². The molecule has 2 nitrogen and oxygen atoms in total. The van der Waals surface area contributed by atoms with E-state index < -0.39 is 9.92 Å². The summed E-state index contributed by atoms with van der Waals surface area (Å²) < 4.78 is 0.653. The molecule has 0 rings (SSSR count). The van der Waals surface area contributed by atoms with E-state index in [0.29, 0.717) is 4.15 Å². The first-order chi connectivity index (χ1) is 2.56. The van der Waals surface area contributed by atoms with Gasteiger partial charge < -0.3 is 4.15 Å². The first-order valence-electron chi connectivity index (χ1n) is 1.95. The van der Waals surface area contributed by atoms with Crippen molar-refractivity contribution in [3.63, 3.8) is 0 Å². The summed E-state index contributed by atoms with van der Waals surface area (Å²) in [5, 5.41) is 0. The number of rotatable bonds is 1. The van der Waals surface area contributed by atoms with Gasteiger partial charge in [-0.3, -0.25) is 0 Å². The van der Waals surface area contributed by atoms with Gasteiger partial charge in [-0.2, -0.15) is 0 Å². The van der Waals surface area contributed by atoms with Crippen LogP contribution in [0.15, 0.2) is 0 Å². The van der Waals surface area contributed by atoms with Crippen LogP contribution in [0, 0.1) is 0 Å². The van der Waals surface area contributed by atoms with Crippen molar-refractivity contribution >= 4 is 9.92 Å². The van der Waals surface area contributed by atoms with Crippen molar-refractivity contribution in [3.8, 4) is 0 Å². The molecule has 0 fully saturated rings. The van der Waals surface area contributed by atoms with E-state index in [1.54, 1.807) is 0 Å². The minimum atomic E-state index is -1.06. The van der Waals surface area contributed by atoms with E-state index in [9.17, 15) is 4.80 Å². The second-order valence-electron chi connectivity index (χ2n) is 2.42. The fourth-order valence-corrected chi connectivity index (χ4v) is 0. The standard InChI is InChI=1S/C3H11NOSi/c1-4(2,3)6-5/h6H2,1-3H3/q+1. The zero-order valence-electron chi connectivity index (χ0n) is 4.56. The lowest BCUT2D eigenvalue weighted by atomic mass is 11.0. The highest BCUT2D eigenvalue weighted by Crippen LogP contribution is 1.78. The Labute approximate surface area is 41.0 Å². The quantitative estimate of drug-likeness (QED) is 0.386. The smallest absolute Gasteiger partial charge is 0.372 e. The second kappa shape index (κ2) is 1.73. The Morgan fingerprint density at radius 2 is 1.50 bits per heavy atom. The van der Waals surface area contributed by atoms with Crippen LogP contribution in [0.2, 0.25) is 0 Å². The molecule has 0 atom stereocenters. The lowest BCUT2D eigenvalue weighted by Crippen LogP contribution is -2.37. The predicted octanol–water partition coefficient (Wildman–Crippen LogP) is -0.878. The molecule has 1 radical (unpaired) electrons. The van der Waals surface area contributed by atoms with Crippen LogP contribution in [0.3, 0.4) is 0 Å². The van der Waals surface area contributed by atoms with Gasteiger partial charge >= 0.3 is 9.92 Å². The van der Waals surface area contributed by atoms with E-state index >= 15 is 0 Å². The third-order valence-electron chi connectivity index (χ3n) is 0.387. The summed E-state index contributed by atoms with van der Waals surface area (Å²) >= 11 is 0. The molecule has 37 valence electrons. The van der Waals surface area contributed by atoms with Crippen LogP contribution in [0.4, 0.5) is 0 Å². The Morgan fingerprint density at radius 1 is 1.33 bits per heavy atom. The van der Waals surface area contributed by atoms with Crippen LogP contribution < -0.4 is 0 Å². The van der Waals surface area contributed by atoms with Crippen LogP contribution in [0.1, 0.15) is 0 Å². The van der Waals surface area contributed by atoms with Crippen molar-refractivity contribution in [1.82, 2.24) is 0 Å². The molecule has 0 aliphatic heterocycles. The molecule has 0 N–H and O–H groups in total. The molecular formula is C3H11NOSi+. The molecule has 0 saturated carbocycles. The van der Waals surface area contributed by atoms with Crippen LogP contribution in [0.25, 0.3) is 0 Å². The maximum absolute atomic E-state index is 10.1. The van der Waals surface area contributed by atoms with Gasteiger partial charge in [-0.1, -0.05) is 0 Å².